The Labute approximate surface area is 289 Å². The Hall–Kier alpha value is -3.14. The van der Waals surface area contributed by atoms with Gasteiger partial charge in [-0.3, -0.25) is 9.78 Å². The van der Waals surface area contributed by atoms with Crippen molar-refractivity contribution in [3.63, 3.8) is 0 Å². The highest BCUT2D eigenvalue weighted by Crippen LogP contribution is 2.49. The molecule has 1 fully saturated rings. The van der Waals surface area contributed by atoms with E-state index in [9.17, 15) is 18.3 Å². The summed E-state index contributed by atoms with van der Waals surface area (Å²) in [6, 6.07) is 17.3. The summed E-state index contributed by atoms with van der Waals surface area (Å²) in [7, 11) is -3.95. The lowest BCUT2D eigenvalue weighted by atomic mass is 9.61. The smallest absolute Gasteiger partial charge is 0.264 e. The molecule has 0 saturated heterocycles. The van der Waals surface area contributed by atoms with Crippen LogP contribution in [0, 0.1) is 17.8 Å². The molecule has 4 aliphatic rings. The third-order valence-corrected chi connectivity index (χ3v) is 14.0. The normalized spacial score (nSPS) is 31.8. The molecule has 8 nitrogen and oxygen atoms in total. The van der Waals surface area contributed by atoms with E-state index in [1.54, 1.807) is 31.3 Å². The molecule has 7 rings (SSSR count). The molecule has 3 aromatic rings. The number of amides is 1. The predicted molar refractivity (Wildman–Crippen MR) is 188 cm³/mol. The van der Waals surface area contributed by atoms with Crippen LogP contribution >= 0.6 is 11.6 Å². The number of aromatic nitrogens is 1. The van der Waals surface area contributed by atoms with Gasteiger partial charge in [-0.25, -0.2) is 13.1 Å². The zero-order valence-corrected chi connectivity index (χ0v) is 29.4. The third kappa shape index (κ3) is 6.34. The molecule has 1 spiro atoms. The average molecular weight is 692 g/mol. The molecular weight excluding hydrogens is 646 g/mol. The molecule has 6 atom stereocenters. The van der Waals surface area contributed by atoms with E-state index in [0.717, 1.165) is 48.5 Å². The maximum absolute atomic E-state index is 13.5. The predicted octanol–water partition coefficient (Wildman–Crippen LogP) is 6.48. The molecule has 3 heterocycles. The largest absolute Gasteiger partial charge is 0.490 e. The van der Waals surface area contributed by atoms with Gasteiger partial charge in [-0.15, -0.1) is 0 Å². The van der Waals surface area contributed by atoms with Crippen molar-refractivity contribution in [1.29, 1.82) is 0 Å². The molecule has 2 aliphatic carbocycles. The molecule has 0 unspecified atom stereocenters. The third-order valence-electron chi connectivity index (χ3n) is 11.9. The zero-order chi connectivity index (χ0) is 33.7. The molecule has 1 amide bonds. The summed E-state index contributed by atoms with van der Waals surface area (Å²) < 4.78 is 35.9. The maximum Gasteiger partial charge on any atom is 0.264 e. The Morgan fingerprint density at radius 1 is 1.06 bits per heavy atom. The number of hydrogen-bond donors (Lipinski definition) is 2. The van der Waals surface area contributed by atoms with Gasteiger partial charge in [-0.2, -0.15) is 0 Å². The number of carbonyl (C=O) groups excluding carboxylic acids is 1. The van der Waals surface area contributed by atoms with Gasteiger partial charge < -0.3 is 14.7 Å². The van der Waals surface area contributed by atoms with E-state index in [-0.39, 0.29) is 28.7 Å². The van der Waals surface area contributed by atoms with Crippen molar-refractivity contribution in [2.24, 2.45) is 17.8 Å². The summed E-state index contributed by atoms with van der Waals surface area (Å²) in [6.45, 7) is 5.42. The Morgan fingerprint density at radius 3 is 2.69 bits per heavy atom. The number of anilines is 1. The molecule has 10 heteroatoms. The van der Waals surface area contributed by atoms with Gasteiger partial charge in [0.15, 0.2) is 0 Å². The van der Waals surface area contributed by atoms with Crippen molar-refractivity contribution >= 4 is 33.2 Å². The van der Waals surface area contributed by atoms with Crippen molar-refractivity contribution in [2.75, 3.05) is 24.6 Å². The first-order valence-electron chi connectivity index (χ1n) is 17.5. The number of rotatable bonds is 2. The number of benzene rings is 2. The standard InChI is InChI=1S/C38H46ClN3O5S/c1-25-7-5-17-38(44,21-31-9-3-4-18-40-31)33-13-10-29(33)22-42-23-37(16-6-8-27-19-30(39)12-14-32(27)37)24-47-35-15-11-28(20-34(35)42)36(43)41-48(45,46)26(25)2/h3-4,9,11-12,14-15,18-20,25-26,29,33,44H,5-8,10,13,16-17,21-24H2,1-2H3,(H,41,43)/t25-,26+,29-,33+,37-,38-/m0/s1. The summed E-state index contributed by atoms with van der Waals surface area (Å²) >= 11 is 6.45. The summed E-state index contributed by atoms with van der Waals surface area (Å²) in [5.41, 5.74) is 3.15. The van der Waals surface area contributed by atoms with Gasteiger partial charge in [0.25, 0.3) is 5.91 Å². The van der Waals surface area contributed by atoms with Crippen LogP contribution in [0.4, 0.5) is 5.69 Å². The summed E-state index contributed by atoms with van der Waals surface area (Å²) in [6.07, 6.45) is 8.90. The second-order valence-electron chi connectivity index (χ2n) is 14.9. The quantitative estimate of drug-likeness (QED) is 0.317. The Morgan fingerprint density at radius 2 is 1.92 bits per heavy atom. The van der Waals surface area contributed by atoms with Crippen molar-refractivity contribution in [2.45, 2.75) is 87.9 Å². The van der Waals surface area contributed by atoms with Crippen molar-refractivity contribution in [3.05, 3.63) is 88.2 Å². The number of hydrogen-bond acceptors (Lipinski definition) is 7. The number of fused-ring (bicyclic) bond motifs is 4. The van der Waals surface area contributed by atoms with Crippen molar-refractivity contribution in [3.8, 4) is 5.75 Å². The number of nitrogens with one attached hydrogen (secondary N) is 1. The lowest BCUT2D eigenvalue weighted by Crippen LogP contribution is -2.54. The van der Waals surface area contributed by atoms with E-state index in [1.807, 2.05) is 31.2 Å². The average Bonchev–Trinajstić information content (AvgIpc) is 3.19. The molecule has 2 aliphatic heterocycles. The van der Waals surface area contributed by atoms with Crippen LogP contribution in [0.1, 0.15) is 86.0 Å². The summed E-state index contributed by atoms with van der Waals surface area (Å²) in [4.78, 5) is 20.5. The number of aliphatic hydroxyl groups is 1. The molecule has 48 heavy (non-hydrogen) atoms. The van der Waals surface area contributed by atoms with Crippen LogP contribution in [-0.4, -0.2) is 55.0 Å². The van der Waals surface area contributed by atoms with Gasteiger partial charge in [0.1, 0.15) is 5.75 Å². The Balaban J connectivity index is 1.31. The minimum Gasteiger partial charge on any atom is -0.490 e. The van der Waals surface area contributed by atoms with Crippen LogP contribution in [0.5, 0.6) is 5.75 Å². The Bertz CT molecular complexity index is 1790. The van der Waals surface area contributed by atoms with Crippen LogP contribution in [0.3, 0.4) is 0 Å². The van der Waals surface area contributed by atoms with Crippen LogP contribution in [0.15, 0.2) is 60.8 Å². The maximum atomic E-state index is 13.5. The van der Waals surface area contributed by atoms with Crippen LogP contribution < -0.4 is 14.4 Å². The van der Waals surface area contributed by atoms with E-state index in [1.165, 1.54) is 11.1 Å². The Kier molecular flexibility index (Phi) is 9.00. The zero-order valence-electron chi connectivity index (χ0n) is 27.8. The molecule has 256 valence electrons. The van der Waals surface area contributed by atoms with E-state index >= 15 is 0 Å². The lowest BCUT2D eigenvalue weighted by molar-refractivity contribution is -0.0886. The van der Waals surface area contributed by atoms with Crippen LogP contribution in [0.2, 0.25) is 5.02 Å². The minimum atomic E-state index is -3.95. The monoisotopic (exact) mass is 691 g/mol. The highest BCUT2D eigenvalue weighted by atomic mass is 35.5. The van der Waals surface area contributed by atoms with Crippen LogP contribution in [-0.2, 0) is 28.3 Å². The van der Waals surface area contributed by atoms with E-state index in [2.05, 4.69) is 26.7 Å². The topological polar surface area (TPSA) is 109 Å². The number of sulfonamides is 1. The number of carbonyl (C=O) groups is 1. The van der Waals surface area contributed by atoms with Gasteiger partial charge in [0.2, 0.25) is 10.0 Å². The fraction of sp³-hybridized carbons (Fsp3) is 0.526. The SMILES string of the molecule is C[C@@H]1[C@@H](C)CCC[C@](O)(Cc2ccccn2)[C@@H]2CC[C@H]2CN2C[C@@]3(CCCc4cc(Cl)ccc43)COc3ccc(cc32)C(=O)NS1(=O)=O. The van der Waals surface area contributed by atoms with Crippen molar-refractivity contribution in [1.82, 2.24) is 9.71 Å². The van der Waals surface area contributed by atoms with Crippen molar-refractivity contribution < 1.29 is 23.1 Å². The highest BCUT2D eigenvalue weighted by Gasteiger charge is 2.49. The molecule has 2 N–H and O–H groups in total. The first-order valence-corrected chi connectivity index (χ1v) is 19.4. The van der Waals surface area contributed by atoms with Crippen LogP contribution in [0.25, 0.3) is 0 Å². The first kappa shape index (κ1) is 33.4. The number of halogens is 1. The molecule has 2 bridgehead atoms. The van der Waals surface area contributed by atoms with Gasteiger partial charge >= 0.3 is 0 Å². The van der Waals surface area contributed by atoms with Gasteiger partial charge in [0, 0.05) is 47.4 Å². The fourth-order valence-electron chi connectivity index (χ4n) is 8.81. The second kappa shape index (κ2) is 13.0. The van der Waals surface area contributed by atoms with Gasteiger partial charge in [-0.1, -0.05) is 37.1 Å². The molecule has 2 aromatic carbocycles. The molecule has 1 aromatic heterocycles. The molecule has 1 saturated carbocycles. The second-order valence-corrected chi connectivity index (χ2v) is 17.4. The summed E-state index contributed by atoms with van der Waals surface area (Å²) in [5.74, 6) is 0.107. The number of ether oxygens (including phenoxy) is 1. The van der Waals surface area contributed by atoms with E-state index in [4.69, 9.17) is 16.3 Å². The lowest BCUT2D eigenvalue weighted by Gasteiger charge is -2.50. The van der Waals surface area contributed by atoms with E-state index in [0.29, 0.717) is 51.1 Å². The highest BCUT2D eigenvalue weighted by molar-refractivity contribution is 7.90. The molecule has 0 radical (unpaired) electrons. The fourth-order valence-corrected chi connectivity index (χ4v) is 10.3. The molecular formula is C38H46ClN3O5S. The minimum absolute atomic E-state index is 0.0522. The number of aryl methyl sites for hydroxylation is 1. The number of pyridine rings is 1. The summed E-state index contributed by atoms with van der Waals surface area (Å²) in [5, 5.41) is 12.5. The van der Waals surface area contributed by atoms with Gasteiger partial charge in [0.05, 0.1) is 23.1 Å². The van der Waals surface area contributed by atoms with Gasteiger partial charge in [-0.05, 0) is 123 Å². The van der Waals surface area contributed by atoms with E-state index < -0.39 is 26.8 Å². The first-order chi connectivity index (χ1) is 23.0. The number of nitrogens with zero attached hydrogens (tertiary/aromatic N) is 2.